The fourth-order valence-electron chi connectivity index (χ4n) is 1.29. The first-order valence-corrected chi connectivity index (χ1v) is 5.20. The first-order chi connectivity index (χ1) is 7.68. The van der Waals surface area contributed by atoms with Gasteiger partial charge in [0, 0.05) is 6.61 Å². The summed E-state index contributed by atoms with van der Waals surface area (Å²) in [5.41, 5.74) is 1.07. The molecule has 0 amide bonds. The fourth-order valence-corrected chi connectivity index (χ4v) is 1.29. The average molecular weight is 224 g/mol. The highest BCUT2D eigenvalue weighted by Crippen LogP contribution is 2.03. The lowest BCUT2D eigenvalue weighted by Crippen LogP contribution is -2.15. The summed E-state index contributed by atoms with van der Waals surface area (Å²) in [7, 11) is 0. The molecule has 0 unspecified atom stereocenters. The lowest BCUT2D eigenvalue weighted by molar-refractivity contribution is -0.139. The van der Waals surface area contributed by atoms with Crippen LogP contribution >= 0.6 is 0 Å². The van der Waals surface area contributed by atoms with Gasteiger partial charge in [-0.15, -0.1) is 0 Å². The molecule has 0 spiro atoms. The van der Waals surface area contributed by atoms with Crippen molar-refractivity contribution in [3.05, 3.63) is 35.9 Å². The molecule has 1 atom stereocenters. The number of aliphatic carboxylic acids is 1. The topological polar surface area (TPSA) is 66.8 Å². The number of carbonyl (C=O) groups is 1. The van der Waals surface area contributed by atoms with E-state index in [1.165, 1.54) is 0 Å². The fraction of sp³-hybridized carbons (Fsp3) is 0.417. The van der Waals surface area contributed by atoms with Crippen molar-refractivity contribution >= 4 is 5.97 Å². The highest BCUT2D eigenvalue weighted by molar-refractivity contribution is 5.67. The number of ether oxygens (including phenoxy) is 1. The molecule has 0 bridgehead atoms. The number of hydrogen-bond donors (Lipinski definition) is 2. The summed E-state index contributed by atoms with van der Waals surface area (Å²) in [6.07, 6.45) is -0.707. The Hall–Kier alpha value is -1.39. The average Bonchev–Trinajstić information content (AvgIpc) is 2.25. The van der Waals surface area contributed by atoms with Gasteiger partial charge in [-0.3, -0.25) is 4.79 Å². The summed E-state index contributed by atoms with van der Waals surface area (Å²) in [6, 6.07) is 9.69. The smallest absolute Gasteiger partial charge is 0.305 e. The van der Waals surface area contributed by atoms with Gasteiger partial charge in [0.15, 0.2) is 0 Å². The second kappa shape index (κ2) is 6.98. The molecule has 0 aliphatic rings. The number of benzene rings is 1. The van der Waals surface area contributed by atoms with Crippen LogP contribution in [0.25, 0.3) is 0 Å². The van der Waals surface area contributed by atoms with Crippen LogP contribution in [-0.2, 0) is 16.1 Å². The van der Waals surface area contributed by atoms with Crippen molar-refractivity contribution < 1.29 is 19.7 Å². The van der Waals surface area contributed by atoms with Crippen molar-refractivity contribution in [3.8, 4) is 0 Å². The summed E-state index contributed by atoms with van der Waals surface area (Å²) in [5, 5.41) is 17.7. The van der Waals surface area contributed by atoms with Gasteiger partial charge < -0.3 is 14.9 Å². The van der Waals surface area contributed by atoms with Gasteiger partial charge in [-0.05, 0) is 12.0 Å². The Kier molecular flexibility index (Phi) is 5.53. The molecule has 1 rings (SSSR count). The second-order valence-electron chi connectivity index (χ2n) is 3.58. The van der Waals surface area contributed by atoms with Crippen LogP contribution in [0.2, 0.25) is 0 Å². The molecule has 0 radical (unpaired) electrons. The van der Waals surface area contributed by atoms with Crippen molar-refractivity contribution in [1.82, 2.24) is 0 Å². The van der Waals surface area contributed by atoms with Crippen molar-refractivity contribution in [1.29, 1.82) is 0 Å². The van der Waals surface area contributed by atoms with E-state index in [0.717, 1.165) is 5.56 Å². The largest absolute Gasteiger partial charge is 0.481 e. The van der Waals surface area contributed by atoms with Gasteiger partial charge in [0.2, 0.25) is 0 Å². The third kappa shape index (κ3) is 5.48. The van der Waals surface area contributed by atoms with E-state index in [2.05, 4.69) is 0 Å². The van der Waals surface area contributed by atoms with Crippen LogP contribution < -0.4 is 0 Å². The summed E-state index contributed by atoms with van der Waals surface area (Å²) in [5.74, 6) is -0.990. The maximum Gasteiger partial charge on any atom is 0.305 e. The predicted molar refractivity (Wildman–Crippen MR) is 59.0 cm³/mol. The Balaban J connectivity index is 2.10. The minimum Gasteiger partial charge on any atom is -0.481 e. The first kappa shape index (κ1) is 12.7. The zero-order valence-corrected chi connectivity index (χ0v) is 9.00. The molecule has 0 aliphatic heterocycles. The summed E-state index contributed by atoms with van der Waals surface area (Å²) in [4.78, 5) is 10.3. The molecule has 0 saturated carbocycles. The SMILES string of the molecule is O=C(O)C[C@@H](O)CCOCc1ccccc1. The molecule has 0 heterocycles. The van der Waals surface area contributed by atoms with Crippen molar-refractivity contribution in [2.75, 3.05) is 6.61 Å². The molecule has 0 fully saturated rings. The number of aliphatic hydroxyl groups is 1. The lowest BCUT2D eigenvalue weighted by Gasteiger charge is -2.08. The molecule has 4 nitrogen and oxygen atoms in total. The van der Waals surface area contributed by atoms with Crippen LogP contribution in [0.5, 0.6) is 0 Å². The van der Waals surface area contributed by atoms with Gasteiger partial charge >= 0.3 is 5.97 Å². The zero-order valence-electron chi connectivity index (χ0n) is 9.00. The van der Waals surface area contributed by atoms with E-state index in [1.54, 1.807) is 0 Å². The maximum atomic E-state index is 10.3. The van der Waals surface area contributed by atoms with E-state index in [9.17, 15) is 9.90 Å². The van der Waals surface area contributed by atoms with Crippen LogP contribution in [0, 0.1) is 0 Å². The molecular formula is C12H16O4. The zero-order chi connectivity index (χ0) is 11.8. The molecule has 1 aromatic carbocycles. The Labute approximate surface area is 94.5 Å². The van der Waals surface area contributed by atoms with E-state index in [4.69, 9.17) is 9.84 Å². The van der Waals surface area contributed by atoms with Gasteiger partial charge in [-0.2, -0.15) is 0 Å². The Morgan fingerprint density at radius 1 is 1.31 bits per heavy atom. The maximum absolute atomic E-state index is 10.3. The second-order valence-corrected chi connectivity index (χ2v) is 3.58. The minimum atomic E-state index is -0.990. The van der Waals surface area contributed by atoms with Gasteiger partial charge in [0.25, 0.3) is 0 Å². The highest BCUT2D eigenvalue weighted by atomic mass is 16.5. The summed E-state index contributed by atoms with van der Waals surface area (Å²) in [6.45, 7) is 0.851. The van der Waals surface area contributed by atoms with Crippen LogP contribution in [0.15, 0.2) is 30.3 Å². The van der Waals surface area contributed by atoms with E-state index < -0.39 is 12.1 Å². The third-order valence-electron chi connectivity index (χ3n) is 2.12. The Bertz CT molecular complexity index is 310. The van der Waals surface area contributed by atoms with Gasteiger partial charge in [-0.25, -0.2) is 0 Å². The number of aliphatic hydroxyl groups excluding tert-OH is 1. The standard InChI is InChI=1S/C12H16O4/c13-11(8-12(14)15)6-7-16-9-10-4-2-1-3-5-10/h1-5,11,13H,6-9H2,(H,14,15)/t11-/m0/s1. The van der Waals surface area contributed by atoms with Crippen LogP contribution in [-0.4, -0.2) is 28.9 Å². The van der Waals surface area contributed by atoms with E-state index >= 15 is 0 Å². The van der Waals surface area contributed by atoms with Crippen LogP contribution in [0.1, 0.15) is 18.4 Å². The quantitative estimate of drug-likeness (QED) is 0.687. The van der Waals surface area contributed by atoms with E-state index in [1.807, 2.05) is 30.3 Å². The Morgan fingerprint density at radius 2 is 2.00 bits per heavy atom. The number of carboxylic acids is 1. The minimum absolute atomic E-state index is 0.227. The van der Waals surface area contributed by atoms with Gasteiger partial charge in [0.05, 0.1) is 19.1 Å². The monoisotopic (exact) mass is 224 g/mol. The van der Waals surface area contributed by atoms with Gasteiger partial charge in [-0.1, -0.05) is 30.3 Å². The Morgan fingerprint density at radius 3 is 2.62 bits per heavy atom. The van der Waals surface area contributed by atoms with Crippen molar-refractivity contribution in [2.45, 2.75) is 25.6 Å². The molecule has 4 heteroatoms. The van der Waals surface area contributed by atoms with E-state index in [0.29, 0.717) is 19.6 Å². The molecule has 16 heavy (non-hydrogen) atoms. The van der Waals surface area contributed by atoms with E-state index in [-0.39, 0.29) is 6.42 Å². The normalized spacial score (nSPS) is 12.3. The molecule has 0 saturated heterocycles. The molecule has 2 N–H and O–H groups in total. The molecular weight excluding hydrogens is 208 g/mol. The lowest BCUT2D eigenvalue weighted by atomic mass is 10.2. The highest BCUT2D eigenvalue weighted by Gasteiger charge is 2.08. The predicted octanol–water partition coefficient (Wildman–Crippen LogP) is 1.43. The number of hydrogen-bond acceptors (Lipinski definition) is 3. The third-order valence-corrected chi connectivity index (χ3v) is 2.12. The van der Waals surface area contributed by atoms with Crippen LogP contribution in [0.3, 0.4) is 0 Å². The van der Waals surface area contributed by atoms with Gasteiger partial charge in [0.1, 0.15) is 0 Å². The molecule has 88 valence electrons. The van der Waals surface area contributed by atoms with Crippen LogP contribution in [0.4, 0.5) is 0 Å². The molecule has 1 aromatic rings. The van der Waals surface area contributed by atoms with Crippen molar-refractivity contribution in [3.63, 3.8) is 0 Å². The molecule has 0 aromatic heterocycles. The number of rotatable bonds is 7. The summed E-state index contributed by atoms with van der Waals surface area (Å²) >= 11 is 0. The first-order valence-electron chi connectivity index (χ1n) is 5.20. The van der Waals surface area contributed by atoms with Crippen molar-refractivity contribution in [2.24, 2.45) is 0 Å². The number of carboxylic acid groups (broad SMARTS) is 1. The summed E-state index contributed by atoms with van der Waals surface area (Å²) < 4.78 is 5.32. The molecule has 0 aliphatic carbocycles.